The molecule has 1 heterocycles. The molecule has 1 aliphatic rings. The number of hydrogen-bond donors (Lipinski definition) is 0. The van der Waals surface area contributed by atoms with Crippen molar-refractivity contribution in [2.75, 3.05) is 26.2 Å². The zero-order valence-electron chi connectivity index (χ0n) is 9.84. The molecule has 0 N–H and O–H groups in total. The lowest BCUT2D eigenvalue weighted by molar-refractivity contribution is 0.161. The minimum Gasteiger partial charge on any atom is -0.496 e. The standard InChI is InChI=1S/C13H16BrClO2/c1-16-12-3-2-10(6-11(12)14)7-13(8-15)4-5-17-9-13/h2-3,6H,4-5,7-9H2,1H3. The van der Waals surface area contributed by atoms with Gasteiger partial charge in [-0.3, -0.25) is 0 Å². The van der Waals surface area contributed by atoms with Crippen LogP contribution in [0.4, 0.5) is 0 Å². The maximum Gasteiger partial charge on any atom is 0.133 e. The fourth-order valence-electron chi connectivity index (χ4n) is 2.19. The van der Waals surface area contributed by atoms with E-state index in [1.54, 1.807) is 7.11 Å². The molecule has 1 unspecified atom stereocenters. The van der Waals surface area contributed by atoms with E-state index >= 15 is 0 Å². The van der Waals surface area contributed by atoms with Crippen molar-refractivity contribution in [3.63, 3.8) is 0 Å². The molecule has 1 aromatic rings. The van der Waals surface area contributed by atoms with Crippen LogP contribution in [-0.4, -0.2) is 26.2 Å². The predicted octanol–water partition coefficient (Wildman–Crippen LogP) is 3.65. The van der Waals surface area contributed by atoms with Crippen molar-refractivity contribution in [1.82, 2.24) is 0 Å². The van der Waals surface area contributed by atoms with Crippen molar-refractivity contribution in [3.8, 4) is 5.75 Å². The van der Waals surface area contributed by atoms with Gasteiger partial charge >= 0.3 is 0 Å². The van der Waals surface area contributed by atoms with E-state index in [2.05, 4.69) is 28.1 Å². The predicted molar refractivity (Wildman–Crippen MR) is 73.0 cm³/mol. The Labute approximate surface area is 115 Å². The van der Waals surface area contributed by atoms with Crippen LogP contribution in [0.1, 0.15) is 12.0 Å². The van der Waals surface area contributed by atoms with E-state index in [1.807, 2.05) is 6.07 Å². The molecular weight excluding hydrogens is 303 g/mol. The Morgan fingerprint density at radius 3 is 2.88 bits per heavy atom. The summed E-state index contributed by atoms with van der Waals surface area (Å²) in [5, 5.41) is 0. The molecule has 0 spiro atoms. The minimum atomic E-state index is 0.107. The van der Waals surface area contributed by atoms with E-state index < -0.39 is 0 Å². The van der Waals surface area contributed by atoms with Gasteiger partial charge in [-0.05, 0) is 46.5 Å². The van der Waals surface area contributed by atoms with Gasteiger partial charge in [0.1, 0.15) is 5.75 Å². The van der Waals surface area contributed by atoms with Crippen LogP contribution >= 0.6 is 27.5 Å². The van der Waals surface area contributed by atoms with Gasteiger partial charge in [-0.15, -0.1) is 11.6 Å². The number of alkyl halides is 1. The maximum absolute atomic E-state index is 6.10. The smallest absolute Gasteiger partial charge is 0.133 e. The van der Waals surface area contributed by atoms with Gasteiger partial charge in [0, 0.05) is 17.9 Å². The van der Waals surface area contributed by atoms with Crippen LogP contribution in [0, 0.1) is 5.41 Å². The largest absolute Gasteiger partial charge is 0.496 e. The Kier molecular flexibility index (Phi) is 4.34. The van der Waals surface area contributed by atoms with Crippen molar-refractivity contribution < 1.29 is 9.47 Å². The fourth-order valence-corrected chi connectivity index (χ4v) is 3.09. The van der Waals surface area contributed by atoms with Crippen LogP contribution in [0.15, 0.2) is 22.7 Å². The number of halogens is 2. The molecule has 1 aliphatic heterocycles. The molecule has 1 aromatic carbocycles. The first-order valence-electron chi connectivity index (χ1n) is 5.65. The van der Waals surface area contributed by atoms with Crippen molar-refractivity contribution in [2.45, 2.75) is 12.8 Å². The Balaban J connectivity index is 2.15. The number of rotatable bonds is 4. The molecule has 2 rings (SSSR count). The maximum atomic E-state index is 6.10. The van der Waals surface area contributed by atoms with E-state index in [1.165, 1.54) is 5.56 Å². The van der Waals surface area contributed by atoms with E-state index in [0.29, 0.717) is 5.88 Å². The third-order valence-corrected chi connectivity index (χ3v) is 4.45. The number of ether oxygens (including phenoxy) is 2. The Hall–Kier alpha value is -0.250. The minimum absolute atomic E-state index is 0.107. The van der Waals surface area contributed by atoms with E-state index in [9.17, 15) is 0 Å². The second-order valence-corrected chi connectivity index (χ2v) is 5.70. The van der Waals surface area contributed by atoms with Gasteiger partial charge in [-0.2, -0.15) is 0 Å². The molecule has 0 radical (unpaired) electrons. The molecule has 0 aromatic heterocycles. The number of methoxy groups -OCH3 is 1. The average molecular weight is 320 g/mol. The highest BCUT2D eigenvalue weighted by molar-refractivity contribution is 9.10. The lowest BCUT2D eigenvalue weighted by Gasteiger charge is -2.24. The molecule has 1 fully saturated rings. The van der Waals surface area contributed by atoms with Crippen LogP contribution in [-0.2, 0) is 11.2 Å². The summed E-state index contributed by atoms with van der Waals surface area (Å²) in [6, 6.07) is 6.18. The van der Waals surface area contributed by atoms with Gasteiger partial charge in [0.15, 0.2) is 0 Å². The van der Waals surface area contributed by atoms with Gasteiger partial charge in [0.05, 0.1) is 18.2 Å². The molecule has 94 valence electrons. The number of hydrogen-bond acceptors (Lipinski definition) is 2. The van der Waals surface area contributed by atoms with Crippen LogP contribution in [0.25, 0.3) is 0 Å². The highest BCUT2D eigenvalue weighted by Gasteiger charge is 2.34. The Bertz CT molecular complexity index is 389. The molecule has 4 heteroatoms. The van der Waals surface area contributed by atoms with E-state index in [4.69, 9.17) is 21.1 Å². The molecule has 0 aliphatic carbocycles. The summed E-state index contributed by atoms with van der Waals surface area (Å²) in [6.07, 6.45) is 2.00. The normalized spacial score (nSPS) is 23.9. The van der Waals surface area contributed by atoms with Crippen molar-refractivity contribution in [2.24, 2.45) is 5.41 Å². The third kappa shape index (κ3) is 2.95. The molecule has 0 saturated carbocycles. The summed E-state index contributed by atoms with van der Waals surface area (Å²) in [7, 11) is 1.67. The van der Waals surface area contributed by atoms with Gasteiger partial charge in [-0.25, -0.2) is 0 Å². The van der Waals surface area contributed by atoms with Gasteiger partial charge in [0.2, 0.25) is 0 Å². The zero-order chi connectivity index (χ0) is 12.3. The summed E-state index contributed by atoms with van der Waals surface area (Å²) in [6.45, 7) is 1.59. The molecule has 2 nitrogen and oxygen atoms in total. The second kappa shape index (κ2) is 5.59. The Morgan fingerprint density at radius 1 is 1.53 bits per heavy atom. The van der Waals surface area contributed by atoms with Crippen LogP contribution in [0.3, 0.4) is 0 Å². The summed E-state index contributed by atoms with van der Waals surface area (Å²) in [5.41, 5.74) is 1.37. The van der Waals surface area contributed by atoms with E-state index in [0.717, 1.165) is 36.3 Å². The van der Waals surface area contributed by atoms with Crippen LogP contribution in [0.2, 0.25) is 0 Å². The fraction of sp³-hybridized carbons (Fsp3) is 0.538. The van der Waals surface area contributed by atoms with Crippen molar-refractivity contribution in [3.05, 3.63) is 28.2 Å². The third-order valence-electron chi connectivity index (χ3n) is 3.26. The van der Waals surface area contributed by atoms with E-state index in [-0.39, 0.29) is 5.41 Å². The summed E-state index contributed by atoms with van der Waals surface area (Å²) >= 11 is 9.60. The summed E-state index contributed by atoms with van der Waals surface area (Å²) in [5.74, 6) is 1.51. The summed E-state index contributed by atoms with van der Waals surface area (Å²) < 4.78 is 11.7. The van der Waals surface area contributed by atoms with Crippen LogP contribution in [0.5, 0.6) is 5.75 Å². The monoisotopic (exact) mass is 318 g/mol. The zero-order valence-corrected chi connectivity index (χ0v) is 12.2. The molecule has 1 saturated heterocycles. The summed E-state index contributed by atoms with van der Waals surface area (Å²) in [4.78, 5) is 0. The quantitative estimate of drug-likeness (QED) is 0.789. The molecule has 1 atom stereocenters. The van der Waals surface area contributed by atoms with Gasteiger partial charge in [-0.1, -0.05) is 6.07 Å². The first-order valence-corrected chi connectivity index (χ1v) is 6.98. The highest BCUT2D eigenvalue weighted by Crippen LogP contribution is 2.35. The molecule has 0 bridgehead atoms. The van der Waals surface area contributed by atoms with Gasteiger partial charge < -0.3 is 9.47 Å². The average Bonchev–Trinajstić information content (AvgIpc) is 2.79. The topological polar surface area (TPSA) is 18.5 Å². The molecular formula is C13H16BrClO2. The Morgan fingerprint density at radius 2 is 2.35 bits per heavy atom. The molecule has 0 amide bonds. The SMILES string of the molecule is COc1ccc(CC2(CCl)CCOC2)cc1Br. The molecule has 17 heavy (non-hydrogen) atoms. The highest BCUT2D eigenvalue weighted by atomic mass is 79.9. The van der Waals surface area contributed by atoms with Crippen molar-refractivity contribution in [1.29, 1.82) is 0 Å². The second-order valence-electron chi connectivity index (χ2n) is 4.58. The first-order chi connectivity index (χ1) is 8.19. The van der Waals surface area contributed by atoms with Crippen molar-refractivity contribution >= 4 is 27.5 Å². The lowest BCUT2D eigenvalue weighted by atomic mass is 9.83. The van der Waals surface area contributed by atoms with Crippen LogP contribution < -0.4 is 4.74 Å². The number of benzene rings is 1. The van der Waals surface area contributed by atoms with Gasteiger partial charge in [0.25, 0.3) is 0 Å². The first kappa shape index (κ1) is 13.2. The lowest BCUT2D eigenvalue weighted by Crippen LogP contribution is -2.26.